The molecule has 7 N–H and O–H groups in total. The summed E-state index contributed by atoms with van der Waals surface area (Å²) in [6.45, 7) is 10.2. The van der Waals surface area contributed by atoms with E-state index in [-0.39, 0.29) is 82.1 Å². The zero-order chi connectivity index (χ0) is 54.0. The van der Waals surface area contributed by atoms with Crippen LogP contribution < -0.4 is 37.9 Å². The number of hydrogen-bond acceptors (Lipinski definition) is 16. The molecule has 0 radical (unpaired) electrons. The van der Waals surface area contributed by atoms with Crippen LogP contribution in [0.1, 0.15) is 85.0 Å². The highest BCUT2D eigenvalue weighted by molar-refractivity contribution is 6.40. The number of aliphatic imine (C=N–C) groups is 1. The molecule has 24 heteroatoms. The number of aromatic hydroxyl groups is 3. The van der Waals surface area contributed by atoms with Crippen LogP contribution in [0.5, 0.6) is 17.2 Å². The monoisotopic (exact) mass is 1010 g/mol. The number of likely N-dealkylation sites (N-methyl/N-ethyl adjacent to an activating group) is 1. The van der Waals surface area contributed by atoms with E-state index < -0.39 is 87.0 Å². The van der Waals surface area contributed by atoms with E-state index in [9.17, 15) is 58.5 Å². The summed E-state index contributed by atoms with van der Waals surface area (Å²) >= 11 is 0. The molecule has 72 heavy (non-hydrogen) atoms. The van der Waals surface area contributed by atoms with Gasteiger partial charge in [-0.3, -0.25) is 53.1 Å². The molecule has 0 saturated heterocycles. The molecule has 5 amide bonds. The first-order valence-electron chi connectivity index (χ1n) is 23.4. The molecule has 0 aliphatic heterocycles. The Morgan fingerprint density at radius 1 is 0.667 bits per heavy atom. The summed E-state index contributed by atoms with van der Waals surface area (Å²) in [7, 11) is 7.22. The molecule has 24 nitrogen and oxygen atoms in total. The Balaban J connectivity index is 1.95. The van der Waals surface area contributed by atoms with E-state index in [2.05, 4.69) is 26.3 Å². The van der Waals surface area contributed by atoms with E-state index in [4.69, 9.17) is 4.74 Å². The van der Waals surface area contributed by atoms with E-state index in [0.717, 1.165) is 13.7 Å². The zero-order valence-electron chi connectivity index (χ0n) is 42.9. The number of unbranched alkanes of at least 4 members (excludes halogenated alkanes) is 1. The van der Waals surface area contributed by atoms with Crippen LogP contribution >= 0.6 is 0 Å². The third kappa shape index (κ3) is 17.8. The van der Waals surface area contributed by atoms with Crippen LogP contribution in [-0.2, 0) is 35.5 Å². The van der Waals surface area contributed by atoms with Crippen molar-refractivity contribution in [3.05, 3.63) is 84.5 Å². The molecule has 0 bridgehead atoms. The van der Waals surface area contributed by atoms with Crippen LogP contribution in [0, 0.1) is 5.92 Å². The molecule has 0 spiro atoms. The molecule has 0 saturated carbocycles. The fourth-order valence-corrected chi connectivity index (χ4v) is 7.06. The quantitative estimate of drug-likeness (QED) is 0.0314. The van der Waals surface area contributed by atoms with E-state index in [1.807, 2.05) is 9.80 Å². The highest BCUT2D eigenvalue weighted by atomic mass is 16.6. The first-order chi connectivity index (χ1) is 33.7. The number of nitrogens with zero attached hydrogens (tertiary/aromatic N) is 7. The van der Waals surface area contributed by atoms with Crippen molar-refractivity contribution in [3.63, 3.8) is 0 Å². The number of ether oxygens (including phenoxy) is 1. The van der Waals surface area contributed by atoms with Crippen molar-refractivity contribution in [1.82, 2.24) is 49.7 Å². The van der Waals surface area contributed by atoms with Gasteiger partial charge in [0.05, 0.1) is 29.2 Å². The predicted octanol–water partition coefficient (Wildman–Crippen LogP) is -0.0888. The lowest BCUT2D eigenvalue weighted by Gasteiger charge is -2.31. The average Bonchev–Trinajstić information content (AvgIpc) is 3.31. The minimum absolute atomic E-state index is 0.0133. The maximum absolute atomic E-state index is 13.8. The van der Waals surface area contributed by atoms with Crippen LogP contribution in [0.15, 0.2) is 56.2 Å². The van der Waals surface area contributed by atoms with E-state index >= 15 is 0 Å². The summed E-state index contributed by atoms with van der Waals surface area (Å²) in [6.07, 6.45) is 4.73. The normalized spacial score (nSPS) is 12.5. The third-order valence-electron chi connectivity index (χ3n) is 11.5. The Bertz CT molecular complexity index is 2630. The zero-order valence-corrected chi connectivity index (χ0v) is 42.9. The van der Waals surface area contributed by atoms with Gasteiger partial charge in [0.2, 0.25) is 5.78 Å². The van der Waals surface area contributed by atoms with Crippen molar-refractivity contribution >= 4 is 41.2 Å². The van der Waals surface area contributed by atoms with Gasteiger partial charge in [-0.25, -0.2) is 4.79 Å². The van der Waals surface area contributed by atoms with Gasteiger partial charge in [-0.1, -0.05) is 0 Å². The molecule has 2 unspecified atom stereocenters. The molecule has 3 rings (SSSR count). The number of aromatic nitrogens is 3. The number of nitrogens with one attached hydrogen (secondary N) is 4. The average molecular weight is 1010 g/mol. The number of alkyl carbamates (subject to hydrolysis) is 1. The molecule has 0 aliphatic carbocycles. The summed E-state index contributed by atoms with van der Waals surface area (Å²) in [4.78, 5) is 125. The summed E-state index contributed by atoms with van der Waals surface area (Å²) in [5.41, 5.74) is -3.30. The standard InChI is InChI=1S/C48H71N11O13/c1-30(36(60)43(67)54(6)7)31(2)49-18-24-58(25-19-50-40(64)33-14-21-55(8)44(68)37(33)61)27-28-59(26-20-51-41(65)34-15-22-56(9)45(69)38(34)62)29-32(13-11-12-17-52-47(71)72-48(3,4)5)53-42(66)35-16-23-57(10)46(70)39(35)63/h14-16,21-23,30,32,61-63H,11-13,17-20,24-29H2,1-10H3,(H,50,64)(H,51,65)(H,52,71)(H,53,66). The second-order valence-corrected chi connectivity index (χ2v) is 18.5. The second-order valence-electron chi connectivity index (χ2n) is 18.5. The number of rotatable bonds is 26. The van der Waals surface area contributed by atoms with Crippen molar-refractivity contribution in [3.8, 4) is 17.2 Å². The molecule has 396 valence electrons. The number of Topliss-reactive ketones (excluding diaryl/α,β-unsaturated/α-hetero) is 1. The predicted molar refractivity (Wildman–Crippen MR) is 268 cm³/mol. The van der Waals surface area contributed by atoms with Crippen molar-refractivity contribution in [2.24, 2.45) is 32.1 Å². The summed E-state index contributed by atoms with van der Waals surface area (Å²) in [5.74, 6) is -6.44. The van der Waals surface area contributed by atoms with Crippen LogP contribution in [0.3, 0.4) is 0 Å². The Kier molecular flexibility index (Phi) is 22.4. The van der Waals surface area contributed by atoms with Crippen LogP contribution in [0.4, 0.5) is 4.79 Å². The minimum Gasteiger partial charge on any atom is -0.502 e. The Morgan fingerprint density at radius 2 is 1.12 bits per heavy atom. The lowest BCUT2D eigenvalue weighted by Crippen LogP contribution is -2.48. The van der Waals surface area contributed by atoms with E-state index in [0.29, 0.717) is 25.0 Å². The van der Waals surface area contributed by atoms with Crippen molar-refractivity contribution in [2.75, 3.05) is 79.5 Å². The van der Waals surface area contributed by atoms with Gasteiger partial charge in [-0.2, -0.15) is 0 Å². The van der Waals surface area contributed by atoms with E-state index in [1.165, 1.54) is 76.9 Å². The van der Waals surface area contributed by atoms with Crippen LogP contribution in [-0.4, -0.2) is 176 Å². The number of aryl methyl sites for hydroxylation is 3. The van der Waals surface area contributed by atoms with Crippen molar-refractivity contribution in [2.45, 2.75) is 65.5 Å². The molecule has 0 aliphatic rings. The molecule has 3 aromatic heterocycles. The molecule has 3 aromatic rings. The molecule has 3 heterocycles. The Morgan fingerprint density at radius 3 is 1.60 bits per heavy atom. The van der Waals surface area contributed by atoms with Crippen LogP contribution in [0.25, 0.3) is 0 Å². The second kappa shape index (κ2) is 27.3. The summed E-state index contributed by atoms with van der Waals surface area (Å²) in [6, 6.07) is 3.26. The fourth-order valence-electron chi connectivity index (χ4n) is 7.06. The molecule has 2 atom stereocenters. The van der Waals surface area contributed by atoms with Gasteiger partial charge >= 0.3 is 6.09 Å². The number of carbonyl (C=O) groups is 6. The van der Waals surface area contributed by atoms with Gasteiger partial charge in [-0.15, -0.1) is 0 Å². The lowest BCUT2D eigenvalue weighted by molar-refractivity contribution is -0.143. The van der Waals surface area contributed by atoms with Crippen molar-refractivity contribution < 1.29 is 48.8 Å². The minimum atomic E-state index is -0.800. The molecular formula is C48H71N11O13. The number of carbonyl (C=O) groups excluding carboxylic acids is 6. The van der Waals surface area contributed by atoms with Gasteiger partial charge < -0.3 is 59.9 Å². The number of pyridine rings is 3. The fraction of sp³-hybridized carbons (Fsp3) is 0.542. The van der Waals surface area contributed by atoms with Gasteiger partial charge in [-0.05, 0) is 72.1 Å². The first kappa shape index (κ1) is 59.0. The maximum Gasteiger partial charge on any atom is 0.407 e. The molecule has 0 aromatic carbocycles. The van der Waals surface area contributed by atoms with Crippen molar-refractivity contribution in [1.29, 1.82) is 0 Å². The Hall–Kier alpha value is -7.34. The van der Waals surface area contributed by atoms with E-state index in [1.54, 1.807) is 34.6 Å². The molecule has 0 fully saturated rings. The SMILES string of the molecule is CC(=NCCN(CCNC(=O)c1ccn(C)c(=O)c1O)CCN(CCNC(=O)c1ccn(C)c(=O)c1O)CC(CCCCNC(=O)OC(C)(C)C)NC(=O)c1ccn(C)c(=O)c1O)C(C)C(=O)C(=O)N(C)C. The Labute approximate surface area is 417 Å². The lowest BCUT2D eigenvalue weighted by atomic mass is 10.0. The van der Waals surface area contributed by atoms with Crippen LogP contribution in [0.2, 0.25) is 0 Å². The van der Waals surface area contributed by atoms with Gasteiger partial charge in [0, 0.05) is 124 Å². The highest BCUT2D eigenvalue weighted by Crippen LogP contribution is 2.15. The largest absolute Gasteiger partial charge is 0.502 e. The van der Waals surface area contributed by atoms with Gasteiger partial charge in [0.15, 0.2) is 17.2 Å². The van der Waals surface area contributed by atoms with Gasteiger partial charge in [0.25, 0.3) is 40.3 Å². The number of hydrogen-bond donors (Lipinski definition) is 7. The number of amides is 5. The summed E-state index contributed by atoms with van der Waals surface area (Å²) in [5, 5.41) is 42.6. The third-order valence-corrected chi connectivity index (χ3v) is 11.5. The highest BCUT2D eigenvalue weighted by Gasteiger charge is 2.26. The summed E-state index contributed by atoms with van der Waals surface area (Å²) < 4.78 is 8.69. The molecular weight excluding hydrogens is 939 g/mol. The number of ketones is 1. The first-order valence-corrected chi connectivity index (χ1v) is 23.4. The smallest absolute Gasteiger partial charge is 0.407 e. The van der Waals surface area contributed by atoms with Gasteiger partial charge in [0.1, 0.15) is 5.60 Å². The topological polar surface area (TPSA) is 309 Å². The maximum atomic E-state index is 13.8.